The average molecular weight is 277 g/mol. The van der Waals surface area contributed by atoms with E-state index in [0.717, 1.165) is 19.3 Å². The van der Waals surface area contributed by atoms with Crippen LogP contribution in [0.25, 0.3) is 5.57 Å². The lowest BCUT2D eigenvalue weighted by atomic mass is 9.95. The Bertz CT molecular complexity index is 564. The minimum atomic E-state index is -0.700. The zero-order valence-corrected chi connectivity index (χ0v) is 11.0. The fourth-order valence-corrected chi connectivity index (χ4v) is 2.69. The van der Waals surface area contributed by atoms with Crippen molar-refractivity contribution in [2.45, 2.75) is 31.5 Å². The standard InChI is InChI=1S/C15H16FNO3/c16-10-5-3-4-9(8-10)12-13(18)14(20-15(12)17)11-6-1-2-7-19-11/h3-5,8,11,14H,1-2,6-7,17H2. The van der Waals surface area contributed by atoms with Gasteiger partial charge in [-0.05, 0) is 37.0 Å². The van der Waals surface area contributed by atoms with Crippen molar-refractivity contribution in [3.05, 3.63) is 41.5 Å². The summed E-state index contributed by atoms with van der Waals surface area (Å²) in [6.07, 6.45) is 1.82. The largest absolute Gasteiger partial charge is 0.464 e. The number of hydrogen-bond donors (Lipinski definition) is 1. The first-order chi connectivity index (χ1) is 9.66. The van der Waals surface area contributed by atoms with Gasteiger partial charge in [0.1, 0.15) is 11.9 Å². The maximum atomic E-state index is 13.3. The van der Waals surface area contributed by atoms with E-state index in [9.17, 15) is 9.18 Å². The first kappa shape index (κ1) is 13.1. The summed E-state index contributed by atoms with van der Waals surface area (Å²) in [6.45, 7) is 0.632. The van der Waals surface area contributed by atoms with Crippen molar-refractivity contribution >= 4 is 11.4 Å². The van der Waals surface area contributed by atoms with Crippen LogP contribution in [0.1, 0.15) is 24.8 Å². The molecule has 0 bridgehead atoms. The molecule has 2 aliphatic rings. The first-order valence-corrected chi connectivity index (χ1v) is 6.75. The first-order valence-electron chi connectivity index (χ1n) is 6.75. The van der Waals surface area contributed by atoms with E-state index in [0.29, 0.717) is 12.2 Å². The number of ether oxygens (including phenoxy) is 2. The lowest BCUT2D eigenvalue weighted by molar-refractivity contribution is -0.131. The molecule has 2 heterocycles. The Hall–Kier alpha value is -1.88. The summed E-state index contributed by atoms with van der Waals surface area (Å²) in [5.74, 6) is -0.576. The highest BCUT2D eigenvalue weighted by molar-refractivity contribution is 6.25. The molecule has 0 radical (unpaired) electrons. The molecule has 106 valence electrons. The van der Waals surface area contributed by atoms with E-state index in [1.54, 1.807) is 12.1 Å². The Morgan fingerprint density at radius 2 is 2.15 bits per heavy atom. The smallest absolute Gasteiger partial charge is 0.212 e. The second kappa shape index (κ2) is 5.25. The third-order valence-corrected chi connectivity index (χ3v) is 3.67. The Balaban J connectivity index is 1.85. The van der Waals surface area contributed by atoms with Crippen LogP contribution in [-0.2, 0) is 14.3 Å². The lowest BCUT2D eigenvalue weighted by Gasteiger charge is -2.26. The molecule has 0 spiro atoms. The number of nitrogens with two attached hydrogens (primary N) is 1. The molecule has 2 atom stereocenters. The summed E-state index contributed by atoms with van der Waals surface area (Å²) in [5.41, 5.74) is 6.51. The minimum absolute atomic E-state index is 0.0553. The van der Waals surface area contributed by atoms with Crippen molar-refractivity contribution in [1.82, 2.24) is 0 Å². The molecule has 0 aliphatic carbocycles. The Morgan fingerprint density at radius 3 is 2.85 bits per heavy atom. The van der Waals surface area contributed by atoms with E-state index in [4.69, 9.17) is 15.2 Å². The van der Waals surface area contributed by atoms with Gasteiger partial charge < -0.3 is 15.2 Å². The van der Waals surface area contributed by atoms with Crippen LogP contribution in [0.2, 0.25) is 0 Å². The lowest BCUT2D eigenvalue weighted by Crippen LogP contribution is -2.37. The van der Waals surface area contributed by atoms with Gasteiger partial charge in [0.2, 0.25) is 5.78 Å². The van der Waals surface area contributed by atoms with E-state index in [1.165, 1.54) is 12.1 Å². The van der Waals surface area contributed by atoms with Crippen LogP contribution >= 0.6 is 0 Å². The predicted octanol–water partition coefficient (Wildman–Crippen LogP) is 1.99. The Morgan fingerprint density at radius 1 is 1.30 bits per heavy atom. The number of hydrogen-bond acceptors (Lipinski definition) is 4. The number of Topliss-reactive ketones (excluding diaryl/α,β-unsaturated/α-hetero) is 1. The van der Waals surface area contributed by atoms with Gasteiger partial charge in [-0.2, -0.15) is 0 Å². The fourth-order valence-electron chi connectivity index (χ4n) is 2.69. The zero-order valence-electron chi connectivity index (χ0n) is 11.0. The molecule has 2 N–H and O–H groups in total. The van der Waals surface area contributed by atoms with Gasteiger partial charge in [-0.3, -0.25) is 4.79 Å². The third-order valence-electron chi connectivity index (χ3n) is 3.67. The van der Waals surface area contributed by atoms with Crippen LogP contribution in [0, 0.1) is 5.82 Å². The van der Waals surface area contributed by atoms with Gasteiger partial charge in [-0.25, -0.2) is 4.39 Å². The predicted molar refractivity (Wildman–Crippen MR) is 71.0 cm³/mol. The normalized spacial score (nSPS) is 26.8. The number of ketones is 1. The van der Waals surface area contributed by atoms with Crippen LogP contribution in [0.4, 0.5) is 4.39 Å². The molecule has 2 aliphatic heterocycles. The van der Waals surface area contributed by atoms with Crippen LogP contribution in [-0.4, -0.2) is 24.6 Å². The molecule has 1 fully saturated rings. The van der Waals surface area contributed by atoms with Crippen molar-refractivity contribution < 1.29 is 18.7 Å². The third kappa shape index (κ3) is 2.29. The van der Waals surface area contributed by atoms with Gasteiger partial charge in [0.15, 0.2) is 12.0 Å². The molecule has 2 unspecified atom stereocenters. The maximum Gasteiger partial charge on any atom is 0.212 e. The number of carbonyl (C=O) groups is 1. The topological polar surface area (TPSA) is 61.6 Å². The monoisotopic (exact) mass is 277 g/mol. The van der Waals surface area contributed by atoms with E-state index >= 15 is 0 Å². The fraction of sp³-hybridized carbons (Fsp3) is 0.400. The minimum Gasteiger partial charge on any atom is -0.464 e. The van der Waals surface area contributed by atoms with Crippen LogP contribution in [0.15, 0.2) is 30.1 Å². The van der Waals surface area contributed by atoms with Crippen LogP contribution in [0.5, 0.6) is 0 Å². The highest BCUT2D eigenvalue weighted by Crippen LogP contribution is 2.32. The molecular weight excluding hydrogens is 261 g/mol. The van der Waals surface area contributed by atoms with E-state index < -0.39 is 11.9 Å². The Kier molecular flexibility index (Phi) is 3.44. The second-order valence-corrected chi connectivity index (χ2v) is 5.06. The van der Waals surface area contributed by atoms with Gasteiger partial charge in [0, 0.05) is 6.61 Å². The summed E-state index contributed by atoms with van der Waals surface area (Å²) >= 11 is 0. The molecule has 0 saturated carbocycles. The number of carbonyl (C=O) groups excluding carboxylic acids is 1. The van der Waals surface area contributed by atoms with Crippen molar-refractivity contribution in [3.63, 3.8) is 0 Å². The number of benzene rings is 1. The van der Waals surface area contributed by atoms with E-state index in [1.807, 2.05) is 0 Å². The summed E-state index contributed by atoms with van der Waals surface area (Å²) in [7, 11) is 0. The molecule has 0 aromatic heterocycles. The number of rotatable bonds is 2. The summed E-state index contributed by atoms with van der Waals surface area (Å²) in [6, 6.07) is 5.80. The molecule has 5 heteroatoms. The van der Waals surface area contributed by atoms with Crippen LogP contribution in [0.3, 0.4) is 0 Å². The van der Waals surface area contributed by atoms with Gasteiger partial charge in [-0.1, -0.05) is 12.1 Å². The molecule has 3 rings (SSSR count). The van der Waals surface area contributed by atoms with Gasteiger partial charge in [-0.15, -0.1) is 0 Å². The molecule has 1 aromatic carbocycles. The quantitative estimate of drug-likeness (QED) is 0.898. The average Bonchev–Trinajstić information content (AvgIpc) is 2.75. The molecule has 4 nitrogen and oxygen atoms in total. The second-order valence-electron chi connectivity index (χ2n) is 5.06. The van der Waals surface area contributed by atoms with Crippen molar-refractivity contribution in [2.24, 2.45) is 5.73 Å². The molecule has 0 amide bonds. The van der Waals surface area contributed by atoms with Crippen molar-refractivity contribution in [1.29, 1.82) is 0 Å². The summed E-state index contributed by atoms with van der Waals surface area (Å²) < 4.78 is 24.4. The zero-order chi connectivity index (χ0) is 14.1. The van der Waals surface area contributed by atoms with Gasteiger partial charge in [0.05, 0.1) is 5.57 Å². The summed E-state index contributed by atoms with van der Waals surface area (Å²) in [4.78, 5) is 12.5. The van der Waals surface area contributed by atoms with E-state index in [2.05, 4.69) is 0 Å². The molecule has 1 aromatic rings. The highest BCUT2D eigenvalue weighted by atomic mass is 19.1. The van der Waals surface area contributed by atoms with Gasteiger partial charge >= 0.3 is 0 Å². The Labute approximate surface area is 116 Å². The highest BCUT2D eigenvalue weighted by Gasteiger charge is 2.41. The SMILES string of the molecule is NC1=C(c2cccc(F)c2)C(=O)C(C2CCCCO2)O1. The van der Waals surface area contributed by atoms with E-state index in [-0.39, 0.29) is 23.3 Å². The van der Waals surface area contributed by atoms with Gasteiger partial charge in [0.25, 0.3) is 0 Å². The van der Waals surface area contributed by atoms with Crippen LogP contribution < -0.4 is 5.73 Å². The maximum absolute atomic E-state index is 13.3. The molecule has 20 heavy (non-hydrogen) atoms. The van der Waals surface area contributed by atoms with Crippen molar-refractivity contribution in [3.8, 4) is 0 Å². The molecule has 1 saturated heterocycles. The molecular formula is C15H16FNO3. The summed E-state index contributed by atoms with van der Waals surface area (Å²) in [5, 5.41) is 0. The number of halogens is 1. The van der Waals surface area contributed by atoms with Crippen molar-refractivity contribution in [2.75, 3.05) is 6.61 Å².